The molecule has 0 saturated carbocycles. The van der Waals surface area contributed by atoms with Gasteiger partial charge < -0.3 is 30.8 Å². The van der Waals surface area contributed by atoms with Crippen LogP contribution in [-0.4, -0.2) is 60.4 Å². The van der Waals surface area contributed by atoms with Crippen LogP contribution >= 0.6 is 11.8 Å². The van der Waals surface area contributed by atoms with Gasteiger partial charge in [-0.05, 0) is 56.0 Å². The minimum absolute atomic E-state index is 0.106. The number of nitrogens with zero attached hydrogens (tertiary/aromatic N) is 3. The van der Waals surface area contributed by atoms with Gasteiger partial charge in [-0.3, -0.25) is 0 Å². The highest BCUT2D eigenvalue weighted by molar-refractivity contribution is 7.99. The number of nitrogens with two attached hydrogens (primary N) is 2. The van der Waals surface area contributed by atoms with Crippen molar-refractivity contribution in [1.29, 1.82) is 0 Å². The molecule has 33 heavy (non-hydrogen) atoms. The molecule has 3 rings (SSSR count). The lowest BCUT2D eigenvalue weighted by molar-refractivity contribution is -0.163. The molecule has 3 heterocycles. The zero-order chi connectivity index (χ0) is 23.5. The Morgan fingerprint density at radius 1 is 1.36 bits per heavy atom. The predicted molar refractivity (Wildman–Crippen MR) is 136 cm³/mol. The largest absolute Gasteiger partial charge is 0.396 e. The molecule has 0 bridgehead atoms. The number of hydrogen-bond acceptors (Lipinski definition) is 10. The molecule has 1 atom stereocenters. The monoisotopic (exact) mass is 473 g/mol. The highest BCUT2D eigenvalue weighted by Gasteiger charge is 2.14. The Balaban J connectivity index is 1.48. The number of hydrogen-bond donors (Lipinski definition) is 4. The lowest BCUT2D eigenvalue weighted by atomic mass is 10.2. The Morgan fingerprint density at radius 2 is 2.24 bits per heavy atom. The molecule has 1 saturated heterocycles. The van der Waals surface area contributed by atoms with Crippen LogP contribution in [0.15, 0.2) is 41.7 Å². The second kappa shape index (κ2) is 13.2. The van der Waals surface area contributed by atoms with Gasteiger partial charge in [0.2, 0.25) is 0 Å². The van der Waals surface area contributed by atoms with Crippen molar-refractivity contribution >= 4 is 34.5 Å². The molecular weight excluding hydrogens is 438 g/mol. The van der Waals surface area contributed by atoms with Crippen LogP contribution in [0.5, 0.6) is 0 Å². The second-order valence-corrected chi connectivity index (χ2v) is 8.82. The summed E-state index contributed by atoms with van der Waals surface area (Å²) in [5.41, 5.74) is 9.51. The summed E-state index contributed by atoms with van der Waals surface area (Å²) in [6, 6.07) is 7.68. The number of allylic oxidation sites excluding steroid dienone is 1. The summed E-state index contributed by atoms with van der Waals surface area (Å²) in [5, 5.41) is 9.07. The number of aromatic nitrogens is 2. The lowest BCUT2D eigenvalue weighted by Gasteiger charge is -2.24. The maximum absolute atomic E-state index is 6.13. The van der Waals surface area contributed by atoms with E-state index in [4.69, 9.17) is 21.1 Å². The van der Waals surface area contributed by atoms with Gasteiger partial charge in [-0.25, -0.2) is 15.8 Å². The van der Waals surface area contributed by atoms with E-state index in [0.717, 1.165) is 53.6 Å². The van der Waals surface area contributed by atoms with Crippen LogP contribution in [-0.2, 0) is 9.47 Å². The summed E-state index contributed by atoms with van der Waals surface area (Å²) < 4.78 is 11.3. The molecule has 2 aromatic rings. The normalized spacial score (nSPS) is 16.5. The first-order valence-electron chi connectivity index (χ1n) is 11.3. The van der Waals surface area contributed by atoms with E-state index in [9.17, 15) is 0 Å². The fourth-order valence-corrected chi connectivity index (χ4v) is 4.21. The highest BCUT2D eigenvalue weighted by Crippen LogP contribution is 2.24. The molecule has 1 aliphatic heterocycles. The molecule has 1 unspecified atom stereocenters. The summed E-state index contributed by atoms with van der Waals surface area (Å²) in [6.45, 7) is 4.53. The van der Waals surface area contributed by atoms with E-state index in [-0.39, 0.29) is 6.29 Å². The van der Waals surface area contributed by atoms with Crippen LogP contribution < -0.4 is 22.2 Å². The Morgan fingerprint density at radius 3 is 3.03 bits per heavy atom. The third kappa shape index (κ3) is 8.08. The van der Waals surface area contributed by atoms with E-state index >= 15 is 0 Å². The van der Waals surface area contributed by atoms with E-state index in [1.165, 1.54) is 0 Å². The molecule has 0 radical (unpaired) electrons. The maximum Gasteiger partial charge on any atom is 0.157 e. The van der Waals surface area contributed by atoms with Crippen molar-refractivity contribution in [3.05, 3.63) is 42.4 Å². The standard InChI is InChI=1S/C23H35N7O2S/c1-17(16-30(25)12-14-32-21-7-3-4-13-31-21)19-9-8-18(24)22(29-19)27-11-15-33-23-20(26-2)6-5-10-28-23/h5-6,8-10,16,21,26H,3-4,7,11-15,24-25H2,1-2H3,(H,27,29)/b17-16+. The van der Waals surface area contributed by atoms with Gasteiger partial charge >= 0.3 is 0 Å². The van der Waals surface area contributed by atoms with Crippen LogP contribution in [0.4, 0.5) is 17.2 Å². The lowest BCUT2D eigenvalue weighted by Crippen LogP contribution is -2.32. The minimum Gasteiger partial charge on any atom is -0.396 e. The molecule has 0 aromatic carbocycles. The van der Waals surface area contributed by atoms with Gasteiger partial charge in [0.05, 0.1) is 30.2 Å². The quantitative estimate of drug-likeness (QED) is 0.158. The van der Waals surface area contributed by atoms with Crippen molar-refractivity contribution in [1.82, 2.24) is 15.0 Å². The molecule has 0 amide bonds. The topological polar surface area (TPSA) is 124 Å². The molecule has 0 spiro atoms. The van der Waals surface area contributed by atoms with E-state index in [0.29, 0.717) is 31.2 Å². The SMILES string of the molecule is CNc1cccnc1SCCNc1nc(/C(C)=C/N(N)CCOC2CCCCO2)ccc1N. The van der Waals surface area contributed by atoms with Crippen LogP contribution in [0.3, 0.4) is 0 Å². The average Bonchev–Trinajstić information content (AvgIpc) is 2.83. The molecule has 0 aliphatic carbocycles. The molecule has 6 N–H and O–H groups in total. The van der Waals surface area contributed by atoms with Crippen LogP contribution in [0, 0.1) is 0 Å². The molecule has 2 aromatic heterocycles. The summed E-state index contributed by atoms with van der Waals surface area (Å²) in [6.07, 6.45) is 6.76. The van der Waals surface area contributed by atoms with Gasteiger partial charge in [-0.2, -0.15) is 0 Å². The zero-order valence-electron chi connectivity index (χ0n) is 19.4. The van der Waals surface area contributed by atoms with Gasteiger partial charge in [0, 0.05) is 38.3 Å². The van der Waals surface area contributed by atoms with Crippen LogP contribution in [0.2, 0.25) is 0 Å². The third-order valence-corrected chi connectivity index (χ3v) is 6.16. The molecule has 180 valence electrons. The maximum atomic E-state index is 6.13. The van der Waals surface area contributed by atoms with Crippen LogP contribution in [0.25, 0.3) is 5.57 Å². The minimum atomic E-state index is -0.106. The Kier molecular flexibility index (Phi) is 10.1. The molecular formula is C23H35N7O2S. The number of thioether (sulfide) groups is 1. The van der Waals surface area contributed by atoms with Gasteiger partial charge in [0.15, 0.2) is 6.29 Å². The van der Waals surface area contributed by atoms with Crippen molar-refractivity contribution in [3.63, 3.8) is 0 Å². The second-order valence-electron chi connectivity index (χ2n) is 7.73. The fourth-order valence-electron chi connectivity index (χ4n) is 3.36. The summed E-state index contributed by atoms with van der Waals surface area (Å²) in [5.74, 6) is 7.62. The smallest absolute Gasteiger partial charge is 0.157 e. The van der Waals surface area contributed by atoms with Gasteiger partial charge in [-0.1, -0.05) is 0 Å². The van der Waals surface area contributed by atoms with Crippen molar-refractivity contribution in [2.45, 2.75) is 37.5 Å². The number of ether oxygens (including phenoxy) is 2. The van der Waals surface area contributed by atoms with Crippen molar-refractivity contribution in [3.8, 4) is 0 Å². The first-order valence-corrected chi connectivity index (χ1v) is 12.2. The average molecular weight is 474 g/mol. The zero-order valence-corrected chi connectivity index (χ0v) is 20.2. The van der Waals surface area contributed by atoms with E-state index in [1.54, 1.807) is 23.0 Å². The van der Waals surface area contributed by atoms with Gasteiger partial charge in [0.1, 0.15) is 10.8 Å². The third-order valence-electron chi connectivity index (χ3n) is 5.15. The van der Waals surface area contributed by atoms with Gasteiger partial charge in [-0.15, -0.1) is 11.8 Å². The first kappa shape index (κ1) is 25.1. The molecule has 10 heteroatoms. The number of hydrazine groups is 1. The first-order chi connectivity index (χ1) is 16.1. The summed E-state index contributed by atoms with van der Waals surface area (Å²) in [4.78, 5) is 9.10. The Hall–Kier alpha value is -2.53. The Labute approximate surface area is 200 Å². The van der Waals surface area contributed by atoms with Crippen LogP contribution in [0.1, 0.15) is 31.9 Å². The number of rotatable bonds is 12. The summed E-state index contributed by atoms with van der Waals surface area (Å²) in [7, 11) is 1.89. The molecule has 1 aliphatic rings. The fraction of sp³-hybridized carbons (Fsp3) is 0.478. The molecule has 9 nitrogen and oxygen atoms in total. The highest BCUT2D eigenvalue weighted by atomic mass is 32.2. The van der Waals surface area contributed by atoms with E-state index < -0.39 is 0 Å². The summed E-state index contributed by atoms with van der Waals surface area (Å²) >= 11 is 1.67. The van der Waals surface area contributed by atoms with E-state index in [1.807, 2.05) is 44.4 Å². The number of pyridine rings is 2. The van der Waals surface area contributed by atoms with Gasteiger partial charge in [0.25, 0.3) is 0 Å². The number of anilines is 3. The van der Waals surface area contributed by atoms with Crippen molar-refractivity contribution < 1.29 is 9.47 Å². The predicted octanol–water partition coefficient (Wildman–Crippen LogP) is 3.38. The van der Waals surface area contributed by atoms with Crippen molar-refractivity contribution in [2.75, 3.05) is 55.5 Å². The Bertz CT molecular complexity index is 906. The number of nitrogens with one attached hydrogen (secondary N) is 2. The molecule has 1 fully saturated rings. The van der Waals surface area contributed by atoms with Crippen molar-refractivity contribution in [2.24, 2.45) is 5.84 Å². The number of nitrogen functional groups attached to an aromatic ring is 1. The van der Waals surface area contributed by atoms with E-state index in [2.05, 4.69) is 20.6 Å².